The summed E-state index contributed by atoms with van der Waals surface area (Å²) in [4.78, 5) is 0. The van der Waals surface area contributed by atoms with Crippen LogP contribution in [0.15, 0.2) is 27.4 Å². The average Bonchev–Trinajstić information content (AvgIpc) is 2.73. The normalized spacial score (nSPS) is 12.7. The minimum atomic E-state index is -0.528. The molecule has 1 aromatic carbocycles. The average molecular weight is 332 g/mol. The molecule has 1 heterocycles. The summed E-state index contributed by atoms with van der Waals surface area (Å²) in [6.45, 7) is 1.63. The van der Waals surface area contributed by atoms with E-state index < -0.39 is 11.6 Å². The largest absolute Gasteiger partial charge is 0.309 e. The van der Waals surface area contributed by atoms with Gasteiger partial charge in [-0.05, 0) is 58.5 Å². The zero-order chi connectivity index (χ0) is 13.3. The highest BCUT2D eigenvalue weighted by atomic mass is 79.9. The molecule has 0 spiro atoms. The van der Waals surface area contributed by atoms with Crippen molar-refractivity contribution in [3.63, 3.8) is 0 Å². The van der Waals surface area contributed by atoms with E-state index in [2.05, 4.69) is 21.2 Å². The highest BCUT2D eigenvalue weighted by molar-refractivity contribution is 9.11. The maximum atomic E-state index is 13.9. The molecule has 2 rings (SSSR count). The Morgan fingerprint density at radius 3 is 2.50 bits per heavy atom. The molecule has 0 aliphatic heterocycles. The van der Waals surface area contributed by atoms with Crippen LogP contribution in [-0.4, -0.2) is 7.05 Å². The van der Waals surface area contributed by atoms with E-state index >= 15 is 0 Å². The molecule has 0 bridgehead atoms. The summed E-state index contributed by atoms with van der Waals surface area (Å²) in [6, 6.07) is 4.16. The van der Waals surface area contributed by atoms with Gasteiger partial charge in [-0.15, -0.1) is 11.3 Å². The van der Waals surface area contributed by atoms with E-state index in [1.54, 1.807) is 20.0 Å². The first-order valence-electron chi connectivity index (χ1n) is 5.39. The third kappa shape index (κ3) is 2.63. The molecule has 1 unspecified atom stereocenters. The monoisotopic (exact) mass is 331 g/mol. The second-order valence-electron chi connectivity index (χ2n) is 4.03. The molecule has 1 aromatic heterocycles. The SMILES string of the molecule is CNC(c1csc(Br)c1)c1cc(C)c(F)cc1F. The molecule has 1 atom stereocenters. The van der Waals surface area contributed by atoms with Crippen molar-refractivity contribution in [2.75, 3.05) is 7.05 Å². The lowest BCUT2D eigenvalue weighted by atomic mass is 9.99. The lowest BCUT2D eigenvalue weighted by molar-refractivity contribution is 0.548. The zero-order valence-corrected chi connectivity index (χ0v) is 12.3. The van der Waals surface area contributed by atoms with Gasteiger partial charge in [0.1, 0.15) is 11.6 Å². The van der Waals surface area contributed by atoms with Gasteiger partial charge in [-0.3, -0.25) is 0 Å². The number of benzene rings is 1. The molecule has 0 fully saturated rings. The van der Waals surface area contributed by atoms with Crippen LogP contribution in [0, 0.1) is 18.6 Å². The van der Waals surface area contributed by atoms with Crippen molar-refractivity contribution in [3.05, 3.63) is 55.7 Å². The molecule has 0 radical (unpaired) electrons. The van der Waals surface area contributed by atoms with Crippen LogP contribution in [0.5, 0.6) is 0 Å². The van der Waals surface area contributed by atoms with Crippen molar-refractivity contribution in [2.24, 2.45) is 0 Å². The summed E-state index contributed by atoms with van der Waals surface area (Å²) >= 11 is 4.92. The van der Waals surface area contributed by atoms with Gasteiger partial charge in [0.2, 0.25) is 0 Å². The Balaban J connectivity index is 2.48. The number of halogens is 3. The van der Waals surface area contributed by atoms with Crippen LogP contribution in [-0.2, 0) is 0 Å². The van der Waals surface area contributed by atoms with Gasteiger partial charge in [-0.2, -0.15) is 0 Å². The van der Waals surface area contributed by atoms with Gasteiger partial charge in [-0.25, -0.2) is 8.78 Å². The van der Waals surface area contributed by atoms with E-state index in [-0.39, 0.29) is 6.04 Å². The minimum Gasteiger partial charge on any atom is -0.309 e. The molecular formula is C13H12BrF2NS. The van der Waals surface area contributed by atoms with E-state index in [9.17, 15) is 8.78 Å². The fourth-order valence-electron chi connectivity index (χ4n) is 1.88. The van der Waals surface area contributed by atoms with E-state index in [0.29, 0.717) is 11.1 Å². The van der Waals surface area contributed by atoms with Gasteiger partial charge in [0.05, 0.1) is 9.83 Å². The van der Waals surface area contributed by atoms with Crippen molar-refractivity contribution in [1.82, 2.24) is 5.32 Å². The van der Waals surface area contributed by atoms with Crippen molar-refractivity contribution in [3.8, 4) is 0 Å². The summed E-state index contributed by atoms with van der Waals surface area (Å²) < 4.78 is 28.1. The molecule has 0 amide bonds. The summed E-state index contributed by atoms with van der Waals surface area (Å²) in [5.74, 6) is -1.04. The second-order valence-corrected chi connectivity index (χ2v) is 6.32. The fourth-order valence-corrected chi connectivity index (χ4v) is 3.08. The minimum absolute atomic E-state index is 0.271. The number of thiophene rings is 1. The van der Waals surface area contributed by atoms with Gasteiger partial charge >= 0.3 is 0 Å². The Morgan fingerprint density at radius 1 is 1.22 bits per heavy atom. The Morgan fingerprint density at radius 2 is 1.94 bits per heavy atom. The van der Waals surface area contributed by atoms with Crippen molar-refractivity contribution in [2.45, 2.75) is 13.0 Å². The quantitative estimate of drug-likeness (QED) is 0.878. The number of hydrogen-bond acceptors (Lipinski definition) is 2. The summed E-state index contributed by atoms with van der Waals surface area (Å²) in [5, 5.41) is 5.01. The highest BCUT2D eigenvalue weighted by Gasteiger charge is 2.19. The molecule has 0 saturated carbocycles. The van der Waals surface area contributed by atoms with Crippen LogP contribution in [0.25, 0.3) is 0 Å². The molecular weight excluding hydrogens is 320 g/mol. The van der Waals surface area contributed by atoms with Crippen molar-refractivity contribution < 1.29 is 8.78 Å². The second kappa shape index (κ2) is 5.47. The summed E-state index contributed by atoms with van der Waals surface area (Å²) in [5.41, 5.74) is 1.86. The number of hydrogen-bond donors (Lipinski definition) is 1. The van der Waals surface area contributed by atoms with Crippen LogP contribution in [0.2, 0.25) is 0 Å². The van der Waals surface area contributed by atoms with Gasteiger partial charge in [0.15, 0.2) is 0 Å². The van der Waals surface area contributed by atoms with Crippen LogP contribution < -0.4 is 5.32 Å². The molecule has 1 N–H and O–H groups in total. The Labute approximate surface area is 117 Å². The summed E-state index contributed by atoms with van der Waals surface area (Å²) in [6.07, 6.45) is 0. The lowest BCUT2D eigenvalue weighted by Gasteiger charge is -2.17. The van der Waals surface area contributed by atoms with E-state index in [4.69, 9.17) is 0 Å². The Kier molecular flexibility index (Phi) is 4.14. The van der Waals surface area contributed by atoms with Crippen LogP contribution in [0.3, 0.4) is 0 Å². The maximum Gasteiger partial charge on any atom is 0.131 e. The first-order chi connectivity index (χ1) is 8.52. The van der Waals surface area contributed by atoms with Gasteiger partial charge in [-0.1, -0.05) is 0 Å². The first-order valence-corrected chi connectivity index (χ1v) is 7.07. The van der Waals surface area contributed by atoms with Crippen molar-refractivity contribution >= 4 is 27.3 Å². The topological polar surface area (TPSA) is 12.0 Å². The van der Waals surface area contributed by atoms with E-state index in [0.717, 1.165) is 15.4 Å². The first kappa shape index (κ1) is 13.6. The van der Waals surface area contributed by atoms with Crippen molar-refractivity contribution in [1.29, 1.82) is 0 Å². The molecule has 1 nitrogen and oxygen atoms in total. The van der Waals surface area contributed by atoms with E-state index in [1.807, 2.05) is 11.4 Å². The van der Waals surface area contributed by atoms with Gasteiger partial charge in [0.25, 0.3) is 0 Å². The molecule has 0 saturated heterocycles. The molecule has 0 aliphatic carbocycles. The molecule has 5 heteroatoms. The predicted molar refractivity (Wildman–Crippen MR) is 74.0 cm³/mol. The lowest BCUT2D eigenvalue weighted by Crippen LogP contribution is -2.18. The predicted octanol–water partition coefficient (Wildman–Crippen LogP) is 4.41. The fraction of sp³-hybridized carbons (Fsp3) is 0.231. The maximum absolute atomic E-state index is 13.9. The third-order valence-corrected chi connectivity index (χ3v) is 4.32. The van der Waals surface area contributed by atoms with E-state index in [1.165, 1.54) is 11.3 Å². The Bertz CT molecular complexity index is 568. The zero-order valence-electron chi connectivity index (χ0n) is 9.93. The number of nitrogens with one attached hydrogen (secondary N) is 1. The van der Waals surface area contributed by atoms with Crippen LogP contribution in [0.1, 0.15) is 22.7 Å². The molecule has 96 valence electrons. The number of aryl methyl sites for hydroxylation is 1. The number of rotatable bonds is 3. The smallest absolute Gasteiger partial charge is 0.131 e. The van der Waals surface area contributed by atoms with Gasteiger partial charge in [0, 0.05) is 11.6 Å². The molecule has 2 aromatic rings. The summed E-state index contributed by atoms with van der Waals surface area (Å²) in [7, 11) is 1.76. The van der Waals surface area contributed by atoms with Gasteiger partial charge < -0.3 is 5.32 Å². The van der Waals surface area contributed by atoms with Crippen LogP contribution in [0.4, 0.5) is 8.78 Å². The Hall–Kier alpha value is -0.780. The standard InChI is InChI=1S/C13H12BrF2NS/c1-7-3-9(11(16)5-10(7)15)13(17-2)8-4-12(14)18-6-8/h3-6,13,17H,1-2H3. The van der Waals surface area contributed by atoms with Crippen LogP contribution >= 0.6 is 27.3 Å². The third-order valence-electron chi connectivity index (χ3n) is 2.80. The molecule has 0 aliphatic rings. The highest BCUT2D eigenvalue weighted by Crippen LogP contribution is 2.31. The molecule has 18 heavy (non-hydrogen) atoms.